The first-order valence-corrected chi connectivity index (χ1v) is 11.8. The quantitative estimate of drug-likeness (QED) is 0.402. The summed E-state index contributed by atoms with van der Waals surface area (Å²) in [5, 5.41) is 11.7. The number of halogens is 2. The van der Waals surface area contributed by atoms with E-state index in [2.05, 4.69) is 20.8 Å². The highest BCUT2D eigenvalue weighted by atomic mass is 19.1. The molecule has 6 rings (SSSR count). The number of ether oxygens (including phenoxy) is 2. The van der Waals surface area contributed by atoms with Crippen molar-refractivity contribution in [2.75, 3.05) is 25.1 Å². The topological polar surface area (TPSA) is 67.7 Å². The van der Waals surface area contributed by atoms with Crippen LogP contribution < -0.4 is 9.64 Å². The van der Waals surface area contributed by atoms with E-state index in [4.69, 9.17) is 15.9 Å². The smallest absolute Gasteiger partial charge is 0.318 e. The van der Waals surface area contributed by atoms with Crippen molar-refractivity contribution in [1.29, 1.82) is 0 Å². The summed E-state index contributed by atoms with van der Waals surface area (Å²) >= 11 is 0. The Hall–Kier alpha value is -3.96. The monoisotopic (exact) mass is 487 g/mol. The number of rotatable bonds is 3. The van der Waals surface area contributed by atoms with Gasteiger partial charge in [-0.05, 0) is 54.5 Å². The Bertz CT molecular complexity index is 1570. The Balaban J connectivity index is 1.57. The zero-order valence-electron chi connectivity index (χ0n) is 19.6. The molecule has 8 heteroatoms. The number of benzene rings is 3. The number of fused-ring (bicyclic) bond motifs is 4. The molecule has 4 aromatic rings. The molecule has 2 saturated heterocycles. The van der Waals surface area contributed by atoms with Crippen molar-refractivity contribution in [3.63, 3.8) is 0 Å². The van der Waals surface area contributed by atoms with Gasteiger partial charge in [-0.25, -0.2) is 8.78 Å². The molecule has 2 bridgehead atoms. The third-order valence-corrected chi connectivity index (χ3v) is 7.07. The van der Waals surface area contributed by atoms with Gasteiger partial charge in [0.15, 0.2) is 5.82 Å². The summed E-state index contributed by atoms with van der Waals surface area (Å²) in [5.41, 5.74) is 0.481. The van der Waals surface area contributed by atoms with E-state index >= 15 is 4.39 Å². The minimum absolute atomic E-state index is 0.00238. The van der Waals surface area contributed by atoms with E-state index in [1.54, 1.807) is 12.1 Å². The van der Waals surface area contributed by atoms with Crippen molar-refractivity contribution in [2.45, 2.75) is 31.5 Å². The fraction of sp³-hybridized carbons (Fsp3) is 0.286. The van der Waals surface area contributed by atoms with Gasteiger partial charge in [-0.1, -0.05) is 18.1 Å². The van der Waals surface area contributed by atoms with Crippen molar-refractivity contribution < 1.29 is 23.4 Å². The molecule has 0 amide bonds. The Morgan fingerprint density at radius 2 is 1.92 bits per heavy atom. The van der Waals surface area contributed by atoms with Gasteiger partial charge in [-0.15, -0.1) is 6.42 Å². The maximum Gasteiger partial charge on any atom is 0.318 e. The highest BCUT2D eigenvalue weighted by Crippen LogP contribution is 2.40. The molecule has 6 nitrogen and oxygen atoms in total. The highest BCUT2D eigenvalue weighted by Gasteiger charge is 2.32. The molecule has 3 heterocycles. The Morgan fingerprint density at radius 3 is 2.72 bits per heavy atom. The van der Waals surface area contributed by atoms with E-state index in [1.165, 1.54) is 31.4 Å². The van der Waals surface area contributed by atoms with Crippen LogP contribution in [-0.4, -0.2) is 47.5 Å². The third kappa shape index (κ3) is 3.59. The zero-order valence-corrected chi connectivity index (χ0v) is 19.6. The summed E-state index contributed by atoms with van der Waals surface area (Å²) in [4.78, 5) is 11.0. The Labute approximate surface area is 206 Å². The van der Waals surface area contributed by atoms with E-state index in [0.29, 0.717) is 28.5 Å². The second kappa shape index (κ2) is 8.61. The SMILES string of the molecule is C#Cc1c(F)ccc2cc(O)cc(-c3ccc4c(N5CCC6CCC(C5)O6)nc(OC)nc4c3F)c12. The average Bonchev–Trinajstić information content (AvgIpc) is 3.22. The number of nitrogens with zero attached hydrogens (tertiary/aromatic N) is 3. The summed E-state index contributed by atoms with van der Waals surface area (Å²) in [7, 11) is 1.44. The molecular weight excluding hydrogens is 464 g/mol. The number of anilines is 1. The van der Waals surface area contributed by atoms with Crippen molar-refractivity contribution in [2.24, 2.45) is 0 Å². The van der Waals surface area contributed by atoms with Crippen LogP contribution in [0.15, 0.2) is 36.4 Å². The maximum atomic E-state index is 16.2. The molecule has 36 heavy (non-hydrogen) atoms. The highest BCUT2D eigenvalue weighted by molar-refractivity contribution is 6.04. The largest absolute Gasteiger partial charge is 0.508 e. The lowest BCUT2D eigenvalue weighted by atomic mass is 9.93. The predicted molar refractivity (Wildman–Crippen MR) is 133 cm³/mol. The van der Waals surface area contributed by atoms with E-state index in [-0.39, 0.29) is 46.2 Å². The Morgan fingerprint density at radius 1 is 1.08 bits per heavy atom. The summed E-state index contributed by atoms with van der Waals surface area (Å²) < 4.78 is 42.2. The van der Waals surface area contributed by atoms with E-state index in [9.17, 15) is 9.50 Å². The summed E-state index contributed by atoms with van der Waals surface area (Å²) in [5.74, 6) is 1.63. The van der Waals surface area contributed by atoms with Crippen molar-refractivity contribution in [1.82, 2.24) is 9.97 Å². The lowest BCUT2D eigenvalue weighted by Crippen LogP contribution is -2.32. The van der Waals surface area contributed by atoms with Crippen LogP contribution in [0.25, 0.3) is 32.8 Å². The van der Waals surface area contributed by atoms with Gasteiger partial charge in [0.2, 0.25) is 0 Å². The van der Waals surface area contributed by atoms with Gasteiger partial charge in [0, 0.05) is 29.4 Å². The molecule has 0 aliphatic carbocycles. The predicted octanol–water partition coefficient (Wildman–Crippen LogP) is 5.18. The number of phenols is 1. The molecule has 3 aromatic carbocycles. The first-order valence-electron chi connectivity index (χ1n) is 11.8. The Kier molecular flexibility index (Phi) is 5.38. The van der Waals surface area contributed by atoms with Crippen LogP contribution in [0, 0.1) is 24.0 Å². The van der Waals surface area contributed by atoms with E-state index in [0.717, 1.165) is 25.8 Å². The lowest BCUT2D eigenvalue weighted by Gasteiger charge is -2.26. The molecule has 1 N–H and O–H groups in total. The first kappa shape index (κ1) is 22.5. The normalized spacial score (nSPS) is 19.4. The molecule has 2 aliphatic heterocycles. The maximum absolute atomic E-state index is 16.2. The zero-order chi connectivity index (χ0) is 25.0. The average molecular weight is 488 g/mol. The second-order valence-electron chi connectivity index (χ2n) is 9.21. The van der Waals surface area contributed by atoms with Crippen LogP contribution in [0.1, 0.15) is 24.8 Å². The van der Waals surface area contributed by atoms with E-state index in [1.807, 2.05) is 0 Å². The summed E-state index contributed by atoms with van der Waals surface area (Å²) in [6.07, 6.45) is 8.86. The summed E-state index contributed by atoms with van der Waals surface area (Å²) in [6.45, 7) is 1.37. The van der Waals surface area contributed by atoms with Crippen LogP contribution in [0.4, 0.5) is 14.6 Å². The molecule has 2 aliphatic rings. The number of methoxy groups -OCH3 is 1. The van der Waals surface area contributed by atoms with Gasteiger partial charge < -0.3 is 19.5 Å². The number of hydrogen-bond acceptors (Lipinski definition) is 6. The van der Waals surface area contributed by atoms with Gasteiger partial charge in [0.1, 0.15) is 22.9 Å². The molecule has 0 radical (unpaired) electrons. The van der Waals surface area contributed by atoms with E-state index < -0.39 is 11.6 Å². The van der Waals surface area contributed by atoms with Crippen molar-refractivity contribution >= 4 is 27.5 Å². The molecule has 0 saturated carbocycles. The fourth-order valence-electron chi connectivity index (χ4n) is 5.40. The van der Waals surface area contributed by atoms with Crippen molar-refractivity contribution in [3.8, 4) is 35.2 Å². The minimum Gasteiger partial charge on any atom is -0.508 e. The first-order chi connectivity index (χ1) is 17.5. The molecule has 2 fully saturated rings. The third-order valence-electron chi connectivity index (χ3n) is 7.07. The molecule has 2 atom stereocenters. The van der Waals surface area contributed by atoms with Gasteiger partial charge >= 0.3 is 6.01 Å². The van der Waals surface area contributed by atoms with Crippen LogP contribution in [0.3, 0.4) is 0 Å². The van der Waals surface area contributed by atoms with Gasteiger partial charge in [0.05, 0.1) is 24.9 Å². The van der Waals surface area contributed by atoms with Crippen LogP contribution >= 0.6 is 0 Å². The number of phenolic OH excluding ortho intramolecular Hbond substituents is 1. The number of aromatic nitrogens is 2. The minimum atomic E-state index is -0.638. The van der Waals surface area contributed by atoms with Gasteiger partial charge in [-0.3, -0.25) is 0 Å². The second-order valence-corrected chi connectivity index (χ2v) is 9.21. The summed E-state index contributed by atoms with van der Waals surface area (Å²) in [6, 6.07) is 8.98. The molecule has 182 valence electrons. The number of aromatic hydroxyl groups is 1. The standard InChI is InChI=1S/C28H23F2N3O3/c1-3-19-23(29)9-4-15-12-16(34)13-22(24(15)19)20-7-8-21-26(25(20)30)31-28(35-2)32-27(21)33-11-10-17-5-6-18(14-33)36-17/h1,4,7-9,12-13,17-18,34H,5-6,10-11,14H2,2H3. The molecule has 1 aromatic heterocycles. The number of terminal acetylenes is 1. The van der Waals surface area contributed by atoms with Crippen LogP contribution in [0.2, 0.25) is 0 Å². The van der Waals surface area contributed by atoms with Crippen LogP contribution in [0.5, 0.6) is 11.8 Å². The fourth-order valence-corrected chi connectivity index (χ4v) is 5.40. The molecule has 0 spiro atoms. The number of hydrogen-bond donors (Lipinski definition) is 1. The molecule has 2 unspecified atom stereocenters. The van der Waals surface area contributed by atoms with Crippen LogP contribution in [-0.2, 0) is 4.74 Å². The van der Waals surface area contributed by atoms with Crippen molar-refractivity contribution in [3.05, 3.63) is 53.6 Å². The van der Waals surface area contributed by atoms with Gasteiger partial charge in [0.25, 0.3) is 0 Å². The lowest BCUT2D eigenvalue weighted by molar-refractivity contribution is 0.0580. The van der Waals surface area contributed by atoms with Gasteiger partial charge in [-0.2, -0.15) is 9.97 Å². The molecular formula is C28H23F2N3O3.